The first-order chi connectivity index (χ1) is 13.1. The van der Waals surface area contributed by atoms with Crippen molar-refractivity contribution in [3.8, 4) is 0 Å². The van der Waals surface area contributed by atoms with Gasteiger partial charge in [-0.05, 0) is 43.4 Å². The molecule has 1 unspecified atom stereocenters. The van der Waals surface area contributed by atoms with Crippen LogP contribution in [-0.2, 0) is 14.4 Å². The normalized spacial score (nSPS) is 20.7. The zero-order valence-corrected chi connectivity index (χ0v) is 16.6. The molecule has 7 heteroatoms. The molecular weight excluding hydrogens is 362 g/mol. The van der Waals surface area contributed by atoms with Gasteiger partial charge in [0.25, 0.3) is 0 Å². The summed E-state index contributed by atoms with van der Waals surface area (Å²) in [5.41, 5.74) is 0.836. The van der Waals surface area contributed by atoms with Crippen LogP contribution in [0, 0.1) is 5.92 Å². The molecule has 0 radical (unpaired) electrons. The van der Waals surface area contributed by atoms with Gasteiger partial charge < -0.3 is 15.1 Å². The van der Waals surface area contributed by atoms with Gasteiger partial charge in [-0.3, -0.25) is 14.4 Å². The molecule has 1 aromatic rings. The van der Waals surface area contributed by atoms with Gasteiger partial charge in [0.1, 0.15) is 0 Å². The van der Waals surface area contributed by atoms with Crippen molar-refractivity contribution < 1.29 is 14.4 Å². The van der Waals surface area contributed by atoms with Crippen molar-refractivity contribution in [2.24, 2.45) is 5.92 Å². The van der Waals surface area contributed by atoms with Gasteiger partial charge in [0.05, 0.1) is 5.92 Å². The van der Waals surface area contributed by atoms with Crippen molar-refractivity contribution in [3.63, 3.8) is 0 Å². The van der Waals surface area contributed by atoms with E-state index in [0.717, 1.165) is 36.4 Å². The Hall–Kier alpha value is -2.02. The lowest BCUT2D eigenvalue weighted by atomic mass is 10.1. The number of amides is 3. The molecule has 2 heterocycles. The molecule has 0 bridgehead atoms. The second-order valence-corrected chi connectivity index (χ2v) is 7.97. The molecule has 2 fully saturated rings. The van der Waals surface area contributed by atoms with Gasteiger partial charge in [0.2, 0.25) is 17.7 Å². The van der Waals surface area contributed by atoms with Crippen LogP contribution in [0.5, 0.6) is 0 Å². The van der Waals surface area contributed by atoms with Crippen LogP contribution in [0.2, 0.25) is 0 Å². The zero-order chi connectivity index (χ0) is 19.2. The van der Waals surface area contributed by atoms with Crippen LogP contribution in [0.4, 0.5) is 5.69 Å². The predicted molar refractivity (Wildman–Crippen MR) is 107 cm³/mol. The highest BCUT2D eigenvalue weighted by Crippen LogP contribution is 2.27. The summed E-state index contributed by atoms with van der Waals surface area (Å²) >= 11 is 1.65. The average Bonchev–Trinajstić information content (AvgIpc) is 2.95. The lowest BCUT2D eigenvalue weighted by molar-refractivity contribution is -0.131. The Bertz CT molecular complexity index is 692. The summed E-state index contributed by atoms with van der Waals surface area (Å²) in [6.45, 7) is 2.17. The maximum atomic E-state index is 12.5. The molecule has 2 saturated heterocycles. The molecule has 1 aromatic carbocycles. The van der Waals surface area contributed by atoms with E-state index in [1.165, 1.54) is 0 Å². The van der Waals surface area contributed by atoms with Gasteiger partial charge in [0, 0.05) is 49.6 Å². The Morgan fingerprint density at radius 1 is 1.15 bits per heavy atom. The largest absolute Gasteiger partial charge is 0.354 e. The van der Waals surface area contributed by atoms with Gasteiger partial charge in [-0.15, -0.1) is 11.8 Å². The van der Waals surface area contributed by atoms with Crippen molar-refractivity contribution in [2.75, 3.05) is 37.3 Å². The first-order valence-corrected chi connectivity index (χ1v) is 10.8. The van der Waals surface area contributed by atoms with E-state index < -0.39 is 0 Å². The molecule has 2 aliphatic rings. The third-order valence-electron chi connectivity index (χ3n) is 5.23. The number of carbonyl (C=O) groups excluding carboxylic acids is 3. The minimum absolute atomic E-state index is 0.0188. The highest BCUT2D eigenvalue weighted by molar-refractivity contribution is 7.98. The number of nitrogens with one attached hydrogen (secondary N) is 1. The third kappa shape index (κ3) is 5.03. The summed E-state index contributed by atoms with van der Waals surface area (Å²) in [6.07, 6.45) is 5.93. The molecule has 1 N–H and O–H groups in total. The van der Waals surface area contributed by atoms with E-state index in [0.29, 0.717) is 26.1 Å². The number of rotatable bonds is 6. The zero-order valence-electron chi connectivity index (χ0n) is 15.8. The first kappa shape index (κ1) is 19.7. The molecule has 0 saturated carbocycles. The molecule has 0 aromatic heterocycles. The smallest absolute Gasteiger partial charge is 0.227 e. The molecule has 6 nitrogen and oxygen atoms in total. The Labute approximate surface area is 164 Å². The summed E-state index contributed by atoms with van der Waals surface area (Å²) in [5.74, 6) is -0.279. The first-order valence-electron chi connectivity index (χ1n) is 9.58. The van der Waals surface area contributed by atoms with Crippen molar-refractivity contribution in [1.82, 2.24) is 10.2 Å². The minimum atomic E-state index is -0.336. The van der Waals surface area contributed by atoms with Crippen LogP contribution in [0.1, 0.15) is 32.1 Å². The standard InChI is InChI=1S/C20H27N3O3S/c1-27-17-8-6-16(7-9-17)23-14-15(13-19(23)25)20(26)21-10-12-22-11-4-2-3-5-18(22)24/h6-9,15H,2-5,10-14H2,1H3,(H,21,26). The van der Waals surface area contributed by atoms with Gasteiger partial charge in [-0.25, -0.2) is 0 Å². The van der Waals surface area contributed by atoms with Gasteiger partial charge in [-0.1, -0.05) is 6.42 Å². The van der Waals surface area contributed by atoms with E-state index in [2.05, 4.69) is 5.32 Å². The van der Waals surface area contributed by atoms with E-state index >= 15 is 0 Å². The van der Waals surface area contributed by atoms with Gasteiger partial charge >= 0.3 is 0 Å². The summed E-state index contributed by atoms with van der Waals surface area (Å²) < 4.78 is 0. The molecule has 2 aliphatic heterocycles. The van der Waals surface area contributed by atoms with Crippen LogP contribution in [0.25, 0.3) is 0 Å². The number of hydrogen-bond donors (Lipinski definition) is 1. The fourth-order valence-corrected chi connectivity index (χ4v) is 4.04. The third-order valence-corrected chi connectivity index (χ3v) is 5.98. The topological polar surface area (TPSA) is 69.7 Å². The Morgan fingerprint density at radius 2 is 1.93 bits per heavy atom. The molecule has 1 atom stereocenters. The number of anilines is 1. The molecular formula is C20H27N3O3S. The summed E-state index contributed by atoms with van der Waals surface area (Å²) in [6, 6.07) is 7.82. The van der Waals surface area contributed by atoms with E-state index in [9.17, 15) is 14.4 Å². The lowest BCUT2D eigenvalue weighted by Gasteiger charge is -2.21. The van der Waals surface area contributed by atoms with Crippen molar-refractivity contribution >= 4 is 35.2 Å². The molecule has 3 rings (SSSR count). The fraction of sp³-hybridized carbons (Fsp3) is 0.550. The fourth-order valence-electron chi connectivity index (χ4n) is 3.63. The second-order valence-electron chi connectivity index (χ2n) is 7.09. The Balaban J connectivity index is 1.49. The monoisotopic (exact) mass is 389 g/mol. The number of thioether (sulfide) groups is 1. The highest BCUT2D eigenvalue weighted by atomic mass is 32.2. The van der Waals surface area contributed by atoms with Crippen molar-refractivity contribution in [3.05, 3.63) is 24.3 Å². The Kier molecular flexibility index (Phi) is 6.77. The van der Waals surface area contributed by atoms with E-state index in [4.69, 9.17) is 0 Å². The van der Waals surface area contributed by atoms with E-state index in [1.54, 1.807) is 16.7 Å². The van der Waals surface area contributed by atoms with E-state index in [1.807, 2.05) is 35.4 Å². The molecule has 146 valence electrons. The minimum Gasteiger partial charge on any atom is -0.354 e. The molecule has 27 heavy (non-hydrogen) atoms. The number of nitrogens with zero attached hydrogens (tertiary/aromatic N) is 2. The maximum absolute atomic E-state index is 12.5. The van der Waals surface area contributed by atoms with Gasteiger partial charge in [-0.2, -0.15) is 0 Å². The number of carbonyl (C=O) groups is 3. The molecule has 3 amide bonds. The summed E-state index contributed by atoms with van der Waals surface area (Å²) in [5, 5.41) is 2.91. The SMILES string of the molecule is CSc1ccc(N2CC(C(=O)NCCN3CCCCCC3=O)CC2=O)cc1. The van der Waals surface area contributed by atoms with Crippen LogP contribution >= 0.6 is 11.8 Å². The second kappa shape index (κ2) is 9.26. The van der Waals surface area contributed by atoms with Crippen LogP contribution < -0.4 is 10.2 Å². The number of likely N-dealkylation sites (tertiary alicyclic amines) is 1. The van der Waals surface area contributed by atoms with Crippen molar-refractivity contribution in [2.45, 2.75) is 37.0 Å². The number of benzene rings is 1. The number of hydrogen-bond acceptors (Lipinski definition) is 4. The summed E-state index contributed by atoms with van der Waals surface area (Å²) in [4.78, 5) is 41.5. The van der Waals surface area contributed by atoms with Crippen LogP contribution in [0.3, 0.4) is 0 Å². The molecule has 0 aliphatic carbocycles. The van der Waals surface area contributed by atoms with Crippen LogP contribution in [-0.4, -0.2) is 55.1 Å². The maximum Gasteiger partial charge on any atom is 0.227 e. The molecule has 0 spiro atoms. The van der Waals surface area contributed by atoms with E-state index in [-0.39, 0.29) is 30.1 Å². The van der Waals surface area contributed by atoms with Crippen LogP contribution in [0.15, 0.2) is 29.2 Å². The predicted octanol–water partition coefficient (Wildman–Crippen LogP) is 2.28. The highest BCUT2D eigenvalue weighted by Gasteiger charge is 2.35. The Morgan fingerprint density at radius 3 is 2.67 bits per heavy atom. The lowest BCUT2D eigenvalue weighted by Crippen LogP contribution is -2.40. The van der Waals surface area contributed by atoms with Crippen molar-refractivity contribution in [1.29, 1.82) is 0 Å². The quantitative estimate of drug-likeness (QED) is 0.758. The van der Waals surface area contributed by atoms with Gasteiger partial charge in [0.15, 0.2) is 0 Å². The average molecular weight is 390 g/mol. The summed E-state index contributed by atoms with van der Waals surface area (Å²) in [7, 11) is 0.